The summed E-state index contributed by atoms with van der Waals surface area (Å²) in [6.45, 7) is 5.79. The molecule has 5 nitrogen and oxygen atoms in total. The fourth-order valence-electron chi connectivity index (χ4n) is 2.26. The molecule has 1 aromatic carbocycles. The number of hydrogen-bond donors (Lipinski definition) is 1. The third kappa shape index (κ3) is 4.56. The molecule has 0 aliphatic carbocycles. The molecule has 2 rings (SSSR count). The highest BCUT2D eigenvalue weighted by atomic mass is 35.5. The van der Waals surface area contributed by atoms with E-state index in [1.165, 1.54) is 0 Å². The summed E-state index contributed by atoms with van der Waals surface area (Å²) < 4.78 is 0. The van der Waals surface area contributed by atoms with Gasteiger partial charge < -0.3 is 14.8 Å². The summed E-state index contributed by atoms with van der Waals surface area (Å²) in [6, 6.07) is 5.39. The zero-order valence-electron chi connectivity index (χ0n) is 14.1. The number of carbonyl (C=O) groups excluding carboxylic acids is 1. The Hall–Kier alpha value is -1.85. The number of imidazole rings is 1. The van der Waals surface area contributed by atoms with Gasteiger partial charge >= 0.3 is 0 Å². The van der Waals surface area contributed by atoms with Crippen LogP contribution in [0.2, 0.25) is 5.02 Å². The maximum atomic E-state index is 12.9. The Labute approximate surface area is 142 Å². The number of benzene rings is 1. The Balaban J connectivity index is 2.22. The summed E-state index contributed by atoms with van der Waals surface area (Å²) in [6.07, 6.45) is 1.66. The van der Waals surface area contributed by atoms with Crippen LogP contribution < -0.4 is 0 Å². The van der Waals surface area contributed by atoms with Crippen molar-refractivity contribution >= 4 is 17.5 Å². The molecule has 0 unspecified atom stereocenters. The lowest BCUT2D eigenvalue weighted by Gasteiger charge is -2.24. The second kappa shape index (κ2) is 7.62. The maximum absolute atomic E-state index is 12.9. The summed E-state index contributed by atoms with van der Waals surface area (Å²) in [4.78, 5) is 24.1. The van der Waals surface area contributed by atoms with E-state index in [-0.39, 0.29) is 5.91 Å². The van der Waals surface area contributed by atoms with Gasteiger partial charge in [0.1, 0.15) is 0 Å². The standard InChI is InChI=1S/C17H23ClN4O/c1-12-9-14(5-6-15(12)18)17(23)22(8-7-21(3)4)10-16-13(2)19-11-20-16/h5-6,9,11H,7-8,10H2,1-4H3,(H,19,20). The molecule has 0 atom stereocenters. The van der Waals surface area contributed by atoms with Crippen molar-refractivity contribution in [2.45, 2.75) is 20.4 Å². The molecule has 0 saturated carbocycles. The fourth-order valence-corrected chi connectivity index (χ4v) is 2.38. The van der Waals surface area contributed by atoms with Crippen molar-refractivity contribution in [3.8, 4) is 0 Å². The van der Waals surface area contributed by atoms with E-state index < -0.39 is 0 Å². The summed E-state index contributed by atoms with van der Waals surface area (Å²) >= 11 is 6.06. The molecule has 0 bridgehead atoms. The molecule has 0 aliphatic rings. The highest BCUT2D eigenvalue weighted by Crippen LogP contribution is 2.18. The van der Waals surface area contributed by atoms with Crippen molar-refractivity contribution in [1.29, 1.82) is 0 Å². The molecular formula is C17H23ClN4O. The van der Waals surface area contributed by atoms with Crippen molar-refractivity contribution < 1.29 is 4.79 Å². The zero-order valence-corrected chi connectivity index (χ0v) is 14.8. The van der Waals surface area contributed by atoms with E-state index in [9.17, 15) is 4.79 Å². The molecule has 0 aliphatic heterocycles. The number of nitrogens with zero attached hydrogens (tertiary/aromatic N) is 3. The van der Waals surface area contributed by atoms with Crippen molar-refractivity contribution in [3.63, 3.8) is 0 Å². The minimum absolute atomic E-state index is 0.00554. The zero-order chi connectivity index (χ0) is 17.0. The van der Waals surface area contributed by atoms with E-state index in [1.54, 1.807) is 18.5 Å². The Morgan fingerprint density at radius 2 is 2.00 bits per heavy atom. The lowest BCUT2D eigenvalue weighted by molar-refractivity contribution is 0.0729. The normalized spacial score (nSPS) is 11.0. The van der Waals surface area contributed by atoms with E-state index in [0.717, 1.165) is 23.5 Å². The second-order valence-corrected chi connectivity index (χ2v) is 6.38. The number of rotatable bonds is 6. The summed E-state index contributed by atoms with van der Waals surface area (Å²) in [7, 11) is 3.99. The number of H-pyrrole nitrogens is 1. The lowest BCUT2D eigenvalue weighted by atomic mass is 10.1. The molecule has 23 heavy (non-hydrogen) atoms. The topological polar surface area (TPSA) is 52.2 Å². The van der Waals surface area contributed by atoms with Crippen LogP contribution in [0.25, 0.3) is 0 Å². The third-order valence-electron chi connectivity index (χ3n) is 3.78. The minimum atomic E-state index is -0.00554. The van der Waals surface area contributed by atoms with Crippen LogP contribution in [0.1, 0.15) is 27.3 Å². The smallest absolute Gasteiger partial charge is 0.254 e. The Morgan fingerprint density at radius 1 is 1.26 bits per heavy atom. The first-order chi connectivity index (χ1) is 10.9. The molecule has 1 amide bonds. The predicted octanol–water partition coefficient (Wildman–Crippen LogP) is 2.88. The summed E-state index contributed by atoms with van der Waals surface area (Å²) in [5, 5.41) is 0.671. The van der Waals surface area contributed by atoms with Gasteiger partial charge in [-0.2, -0.15) is 0 Å². The number of aryl methyl sites for hydroxylation is 2. The molecule has 0 radical (unpaired) electrons. The molecule has 0 fully saturated rings. The lowest BCUT2D eigenvalue weighted by Crippen LogP contribution is -2.36. The number of amides is 1. The monoisotopic (exact) mass is 334 g/mol. The number of aromatic nitrogens is 2. The van der Waals surface area contributed by atoms with Gasteiger partial charge in [0.2, 0.25) is 0 Å². The van der Waals surface area contributed by atoms with Crippen LogP contribution in [0.15, 0.2) is 24.5 Å². The Morgan fingerprint density at radius 3 is 2.57 bits per heavy atom. The van der Waals surface area contributed by atoms with Gasteiger partial charge in [0, 0.05) is 29.4 Å². The molecule has 124 valence electrons. The Kier molecular flexibility index (Phi) is 5.80. The Bertz CT molecular complexity index is 681. The quantitative estimate of drug-likeness (QED) is 0.883. The van der Waals surface area contributed by atoms with Gasteiger partial charge in [-0.1, -0.05) is 11.6 Å². The van der Waals surface area contributed by atoms with Crippen molar-refractivity contribution in [2.24, 2.45) is 0 Å². The van der Waals surface area contributed by atoms with Crippen molar-refractivity contribution in [1.82, 2.24) is 19.8 Å². The van der Waals surface area contributed by atoms with Gasteiger partial charge in [-0.25, -0.2) is 4.98 Å². The average Bonchev–Trinajstić information content (AvgIpc) is 2.90. The highest BCUT2D eigenvalue weighted by Gasteiger charge is 2.18. The molecule has 1 N–H and O–H groups in total. The van der Waals surface area contributed by atoms with E-state index in [0.29, 0.717) is 23.7 Å². The van der Waals surface area contributed by atoms with Crippen LogP contribution in [0.5, 0.6) is 0 Å². The van der Waals surface area contributed by atoms with Crippen LogP contribution in [0.3, 0.4) is 0 Å². The van der Waals surface area contributed by atoms with E-state index in [1.807, 2.05) is 38.9 Å². The molecule has 2 aromatic rings. The molecule has 1 aromatic heterocycles. The first-order valence-electron chi connectivity index (χ1n) is 7.57. The first kappa shape index (κ1) is 17.5. The van der Waals surface area contributed by atoms with Gasteiger partial charge in [-0.05, 0) is 51.7 Å². The highest BCUT2D eigenvalue weighted by molar-refractivity contribution is 6.31. The van der Waals surface area contributed by atoms with Crippen LogP contribution in [-0.2, 0) is 6.54 Å². The number of nitrogens with one attached hydrogen (secondary N) is 1. The van der Waals surface area contributed by atoms with Crippen LogP contribution in [0.4, 0.5) is 0 Å². The third-order valence-corrected chi connectivity index (χ3v) is 4.21. The molecule has 0 spiro atoms. The van der Waals surface area contributed by atoms with E-state index in [2.05, 4.69) is 14.9 Å². The average molecular weight is 335 g/mol. The summed E-state index contributed by atoms with van der Waals surface area (Å²) in [5.41, 5.74) is 3.43. The minimum Gasteiger partial charge on any atom is -0.348 e. The van der Waals surface area contributed by atoms with Gasteiger partial charge in [-0.3, -0.25) is 4.79 Å². The molecule has 6 heteroatoms. The number of carbonyl (C=O) groups is 1. The largest absolute Gasteiger partial charge is 0.348 e. The number of aromatic amines is 1. The predicted molar refractivity (Wildman–Crippen MR) is 92.8 cm³/mol. The van der Waals surface area contributed by atoms with E-state index >= 15 is 0 Å². The number of hydrogen-bond acceptors (Lipinski definition) is 3. The van der Waals surface area contributed by atoms with Crippen molar-refractivity contribution in [3.05, 3.63) is 52.1 Å². The second-order valence-electron chi connectivity index (χ2n) is 5.97. The fraction of sp³-hybridized carbons (Fsp3) is 0.412. The first-order valence-corrected chi connectivity index (χ1v) is 7.95. The van der Waals surface area contributed by atoms with Gasteiger partial charge in [0.25, 0.3) is 5.91 Å². The number of likely N-dealkylation sites (N-methyl/N-ethyl adjacent to an activating group) is 1. The summed E-state index contributed by atoms with van der Waals surface area (Å²) in [5.74, 6) is -0.00554. The molecular weight excluding hydrogens is 312 g/mol. The van der Waals surface area contributed by atoms with E-state index in [4.69, 9.17) is 11.6 Å². The molecule has 1 heterocycles. The number of halogens is 1. The van der Waals surface area contributed by atoms with Gasteiger partial charge in [-0.15, -0.1) is 0 Å². The van der Waals surface area contributed by atoms with Gasteiger partial charge in [0.05, 0.1) is 18.6 Å². The maximum Gasteiger partial charge on any atom is 0.254 e. The SMILES string of the molecule is Cc1cc(C(=O)N(CCN(C)C)Cc2nc[nH]c2C)ccc1Cl. The van der Waals surface area contributed by atoms with Crippen molar-refractivity contribution in [2.75, 3.05) is 27.2 Å². The van der Waals surface area contributed by atoms with Crippen LogP contribution >= 0.6 is 11.6 Å². The molecule has 0 saturated heterocycles. The van der Waals surface area contributed by atoms with Crippen LogP contribution in [-0.4, -0.2) is 52.9 Å². The van der Waals surface area contributed by atoms with Gasteiger partial charge in [0.15, 0.2) is 0 Å². The van der Waals surface area contributed by atoms with Crippen LogP contribution in [0, 0.1) is 13.8 Å².